The number of hydrogen-bond acceptors (Lipinski definition) is 3. The van der Waals surface area contributed by atoms with Crippen LogP contribution >= 0.6 is 23.8 Å². The Kier molecular flexibility index (Phi) is 7.01. The van der Waals surface area contributed by atoms with Crippen LogP contribution in [0.15, 0.2) is 18.2 Å². The van der Waals surface area contributed by atoms with Crippen molar-refractivity contribution < 1.29 is 4.74 Å². The number of thiocarbonyl (C=S) groups is 1. The summed E-state index contributed by atoms with van der Waals surface area (Å²) in [7, 11) is 3.94. The molecule has 0 bridgehead atoms. The van der Waals surface area contributed by atoms with Gasteiger partial charge < -0.3 is 19.9 Å². The van der Waals surface area contributed by atoms with Crippen LogP contribution in [0.1, 0.15) is 44.9 Å². The van der Waals surface area contributed by atoms with Crippen LogP contribution in [0, 0.1) is 0 Å². The van der Waals surface area contributed by atoms with Gasteiger partial charge >= 0.3 is 0 Å². The summed E-state index contributed by atoms with van der Waals surface area (Å²) in [5.41, 5.74) is 0.905. The van der Waals surface area contributed by atoms with Crippen LogP contribution in [-0.2, 0) is 0 Å². The average molecular weight is 396 g/mol. The van der Waals surface area contributed by atoms with Gasteiger partial charge in [-0.05, 0) is 63.1 Å². The molecule has 0 atom stereocenters. The number of benzene rings is 1. The minimum atomic E-state index is 0.591. The summed E-state index contributed by atoms with van der Waals surface area (Å²) < 4.78 is 5.20. The molecule has 1 saturated heterocycles. The molecular formula is C20H30ClN3OS. The third-order valence-electron chi connectivity index (χ3n) is 5.88. The molecule has 0 unspecified atom stereocenters. The second-order valence-corrected chi connectivity index (χ2v) is 8.25. The van der Waals surface area contributed by atoms with Crippen molar-refractivity contribution in [1.82, 2.24) is 9.80 Å². The Morgan fingerprint density at radius 1 is 1.15 bits per heavy atom. The molecule has 1 aliphatic heterocycles. The fraction of sp³-hybridized carbons (Fsp3) is 0.650. The summed E-state index contributed by atoms with van der Waals surface area (Å²) in [5.74, 6) is 0.676. The fourth-order valence-electron chi connectivity index (χ4n) is 4.21. The van der Waals surface area contributed by atoms with Crippen molar-refractivity contribution in [1.29, 1.82) is 0 Å². The minimum absolute atomic E-state index is 0.591. The molecule has 6 heteroatoms. The van der Waals surface area contributed by atoms with Gasteiger partial charge in [0.2, 0.25) is 0 Å². The Morgan fingerprint density at radius 2 is 1.81 bits per heavy atom. The van der Waals surface area contributed by atoms with Crippen molar-refractivity contribution in [3.63, 3.8) is 0 Å². The number of ether oxygens (including phenoxy) is 1. The number of hydrogen-bond donors (Lipinski definition) is 1. The van der Waals surface area contributed by atoms with Gasteiger partial charge in [0.05, 0.1) is 12.1 Å². The molecule has 1 aromatic rings. The molecule has 1 aromatic carbocycles. The molecule has 3 rings (SSSR count). The smallest absolute Gasteiger partial charge is 0.173 e. The number of halogens is 1. The topological polar surface area (TPSA) is 27.7 Å². The fourth-order valence-corrected chi connectivity index (χ4v) is 4.77. The van der Waals surface area contributed by atoms with E-state index in [9.17, 15) is 0 Å². The standard InChI is InChI=1S/C20H30ClN3OS/c1-23(16-6-4-3-5-7-16)17-10-12-24(13-11-17)20(26)22-15-8-9-19(25-2)18(21)14-15/h8-9,14,16-17H,3-7,10-13H2,1-2H3,(H,22,26). The first-order chi connectivity index (χ1) is 12.6. The highest BCUT2D eigenvalue weighted by atomic mass is 35.5. The van der Waals surface area contributed by atoms with Crippen molar-refractivity contribution in [3.8, 4) is 5.75 Å². The number of nitrogens with zero attached hydrogens (tertiary/aromatic N) is 2. The van der Waals surface area contributed by atoms with E-state index in [4.69, 9.17) is 28.6 Å². The highest BCUT2D eigenvalue weighted by Crippen LogP contribution is 2.28. The zero-order valence-electron chi connectivity index (χ0n) is 15.8. The van der Waals surface area contributed by atoms with Gasteiger partial charge in [0.25, 0.3) is 0 Å². The molecular weight excluding hydrogens is 366 g/mol. The van der Waals surface area contributed by atoms with Gasteiger partial charge in [0.1, 0.15) is 5.75 Å². The molecule has 1 heterocycles. The molecule has 0 aromatic heterocycles. The minimum Gasteiger partial charge on any atom is -0.495 e. The van der Waals surface area contributed by atoms with Crippen LogP contribution < -0.4 is 10.1 Å². The lowest BCUT2D eigenvalue weighted by molar-refractivity contribution is 0.0985. The number of anilines is 1. The van der Waals surface area contributed by atoms with E-state index in [0.29, 0.717) is 16.8 Å². The van der Waals surface area contributed by atoms with Gasteiger partial charge in [-0.25, -0.2) is 0 Å². The van der Waals surface area contributed by atoms with E-state index in [1.54, 1.807) is 7.11 Å². The number of piperidine rings is 1. The third-order valence-corrected chi connectivity index (χ3v) is 6.54. The first-order valence-corrected chi connectivity index (χ1v) is 10.5. The lowest BCUT2D eigenvalue weighted by atomic mass is 9.92. The molecule has 2 fully saturated rings. The van der Waals surface area contributed by atoms with E-state index in [1.807, 2.05) is 18.2 Å². The SMILES string of the molecule is COc1ccc(NC(=S)N2CCC(N(C)C3CCCCC3)CC2)cc1Cl. The summed E-state index contributed by atoms with van der Waals surface area (Å²) in [6.07, 6.45) is 9.30. The van der Waals surface area contributed by atoms with Gasteiger partial charge in [-0.1, -0.05) is 30.9 Å². The summed E-state index contributed by atoms with van der Waals surface area (Å²) in [6.45, 7) is 2.02. The predicted molar refractivity (Wildman–Crippen MR) is 113 cm³/mol. The van der Waals surface area contributed by atoms with E-state index in [1.165, 1.54) is 44.9 Å². The van der Waals surface area contributed by atoms with Crippen molar-refractivity contribution in [2.45, 2.75) is 57.0 Å². The van der Waals surface area contributed by atoms with Gasteiger partial charge in [-0.15, -0.1) is 0 Å². The van der Waals surface area contributed by atoms with E-state index in [2.05, 4.69) is 22.2 Å². The van der Waals surface area contributed by atoms with Crippen LogP contribution in [0.25, 0.3) is 0 Å². The van der Waals surface area contributed by atoms with Crippen molar-refractivity contribution >= 4 is 34.6 Å². The Labute approximate surface area is 167 Å². The van der Waals surface area contributed by atoms with Crippen LogP contribution in [0.2, 0.25) is 5.02 Å². The van der Waals surface area contributed by atoms with Crippen molar-refractivity contribution in [3.05, 3.63) is 23.2 Å². The lowest BCUT2D eigenvalue weighted by Crippen LogP contribution is -2.49. The van der Waals surface area contributed by atoms with Gasteiger partial charge in [0, 0.05) is 30.9 Å². The zero-order chi connectivity index (χ0) is 18.5. The predicted octanol–water partition coefficient (Wildman–Crippen LogP) is 4.77. The monoisotopic (exact) mass is 395 g/mol. The molecule has 0 radical (unpaired) electrons. The first-order valence-electron chi connectivity index (χ1n) is 9.70. The number of rotatable bonds is 4. The Bertz CT molecular complexity index is 613. The summed E-state index contributed by atoms with van der Waals surface area (Å²) >= 11 is 11.8. The van der Waals surface area contributed by atoms with E-state index < -0.39 is 0 Å². The normalized spacial score (nSPS) is 19.6. The highest BCUT2D eigenvalue weighted by Gasteiger charge is 2.28. The van der Waals surface area contributed by atoms with Gasteiger partial charge in [0.15, 0.2) is 5.11 Å². The lowest BCUT2D eigenvalue weighted by Gasteiger charge is -2.42. The highest BCUT2D eigenvalue weighted by molar-refractivity contribution is 7.80. The second-order valence-electron chi connectivity index (χ2n) is 7.46. The summed E-state index contributed by atoms with van der Waals surface area (Å²) in [5, 5.41) is 4.69. The first kappa shape index (κ1) is 19.7. The van der Waals surface area contributed by atoms with Crippen LogP contribution in [-0.4, -0.2) is 54.2 Å². The molecule has 4 nitrogen and oxygen atoms in total. The molecule has 0 amide bonds. The molecule has 1 N–H and O–H groups in total. The molecule has 144 valence electrons. The Hall–Kier alpha value is -1.04. The third kappa shape index (κ3) is 4.81. The maximum absolute atomic E-state index is 6.20. The maximum atomic E-state index is 6.20. The van der Waals surface area contributed by atoms with E-state index in [0.717, 1.165) is 29.9 Å². The largest absolute Gasteiger partial charge is 0.495 e. The number of likely N-dealkylation sites (tertiary alicyclic amines) is 1. The summed E-state index contributed by atoms with van der Waals surface area (Å²) in [6, 6.07) is 7.13. The van der Waals surface area contributed by atoms with Crippen LogP contribution in [0.5, 0.6) is 5.75 Å². The molecule has 2 aliphatic rings. The zero-order valence-corrected chi connectivity index (χ0v) is 17.4. The van der Waals surface area contributed by atoms with Crippen molar-refractivity contribution in [2.75, 3.05) is 32.6 Å². The average Bonchev–Trinajstić information content (AvgIpc) is 2.68. The van der Waals surface area contributed by atoms with Crippen LogP contribution in [0.4, 0.5) is 5.69 Å². The maximum Gasteiger partial charge on any atom is 0.173 e. The second kappa shape index (κ2) is 9.25. The quantitative estimate of drug-likeness (QED) is 0.741. The summed E-state index contributed by atoms with van der Waals surface area (Å²) in [4.78, 5) is 4.93. The number of nitrogens with one attached hydrogen (secondary N) is 1. The van der Waals surface area contributed by atoms with E-state index in [-0.39, 0.29) is 0 Å². The molecule has 1 saturated carbocycles. The van der Waals surface area contributed by atoms with Crippen molar-refractivity contribution in [2.24, 2.45) is 0 Å². The van der Waals surface area contributed by atoms with Gasteiger partial charge in [-0.2, -0.15) is 0 Å². The Balaban J connectivity index is 1.49. The van der Waals surface area contributed by atoms with E-state index >= 15 is 0 Å². The molecule has 1 aliphatic carbocycles. The molecule has 26 heavy (non-hydrogen) atoms. The molecule has 0 spiro atoms. The van der Waals surface area contributed by atoms with Gasteiger partial charge in [-0.3, -0.25) is 0 Å². The van der Waals surface area contributed by atoms with Crippen LogP contribution in [0.3, 0.4) is 0 Å². The Morgan fingerprint density at radius 3 is 2.42 bits per heavy atom. The number of methoxy groups -OCH3 is 1.